The van der Waals surface area contributed by atoms with Crippen LogP contribution in [0, 0.1) is 22.7 Å². The van der Waals surface area contributed by atoms with Gasteiger partial charge in [0.05, 0.1) is 5.41 Å². The van der Waals surface area contributed by atoms with Gasteiger partial charge in [0.2, 0.25) is 0 Å². The molecule has 1 fully saturated rings. The summed E-state index contributed by atoms with van der Waals surface area (Å²) in [4.78, 5) is 24.5. The van der Waals surface area contributed by atoms with Crippen LogP contribution in [0.5, 0.6) is 0 Å². The lowest BCUT2D eigenvalue weighted by Gasteiger charge is -2.24. The van der Waals surface area contributed by atoms with Gasteiger partial charge < -0.3 is 5.11 Å². The van der Waals surface area contributed by atoms with Crippen molar-refractivity contribution in [2.45, 2.75) is 47.5 Å². The Labute approximate surface area is 132 Å². The third-order valence-corrected chi connectivity index (χ3v) is 5.73. The van der Waals surface area contributed by atoms with Gasteiger partial charge >= 0.3 is 5.97 Å². The normalized spacial score (nSPS) is 32.9. The zero-order chi connectivity index (χ0) is 16.9. The summed E-state index contributed by atoms with van der Waals surface area (Å²) in [5, 5.41) is 10.0. The number of Topliss-reactive ketones (excluding diaryl/α,β-unsaturated/α-hetero) is 1. The van der Waals surface area contributed by atoms with Crippen molar-refractivity contribution in [1.82, 2.24) is 0 Å². The summed E-state index contributed by atoms with van der Waals surface area (Å²) in [7, 11) is 0. The monoisotopic (exact) mass is 302 g/mol. The maximum Gasteiger partial charge on any atom is 0.311 e. The zero-order valence-electron chi connectivity index (χ0n) is 14.2. The first-order valence-corrected chi connectivity index (χ1v) is 7.84. The lowest BCUT2D eigenvalue weighted by atomic mass is 9.78. The summed E-state index contributed by atoms with van der Waals surface area (Å²) in [6, 6.07) is 0. The Morgan fingerprint density at radius 3 is 2.45 bits per heavy atom. The number of ketones is 1. The number of hydrogen-bond acceptors (Lipinski definition) is 2. The van der Waals surface area contributed by atoms with Crippen molar-refractivity contribution in [3.05, 3.63) is 35.5 Å². The van der Waals surface area contributed by atoms with Crippen LogP contribution in [0.1, 0.15) is 47.5 Å². The van der Waals surface area contributed by atoms with Crippen molar-refractivity contribution in [2.24, 2.45) is 22.7 Å². The van der Waals surface area contributed by atoms with E-state index in [1.165, 1.54) is 0 Å². The molecule has 0 aliphatic heterocycles. The fraction of sp³-hybridized carbons (Fsp3) is 0.579. The van der Waals surface area contributed by atoms with Crippen LogP contribution in [0.3, 0.4) is 0 Å². The molecule has 0 unspecified atom stereocenters. The third kappa shape index (κ3) is 2.02. The molecule has 0 spiro atoms. The van der Waals surface area contributed by atoms with Crippen LogP contribution >= 0.6 is 0 Å². The van der Waals surface area contributed by atoms with Crippen LogP contribution in [0.4, 0.5) is 0 Å². The average molecular weight is 302 g/mol. The van der Waals surface area contributed by atoms with Crippen molar-refractivity contribution in [2.75, 3.05) is 0 Å². The summed E-state index contributed by atoms with van der Waals surface area (Å²) >= 11 is 0. The van der Waals surface area contributed by atoms with E-state index in [1.54, 1.807) is 6.08 Å². The van der Waals surface area contributed by atoms with E-state index in [0.29, 0.717) is 12.8 Å². The molecule has 1 saturated carbocycles. The molecular formula is C19H26O3. The maximum atomic E-state index is 12.3. The van der Waals surface area contributed by atoms with E-state index in [2.05, 4.69) is 12.7 Å². The second-order valence-electron chi connectivity index (χ2n) is 7.45. The number of carboxylic acid groups (broad SMARTS) is 1. The molecule has 0 amide bonds. The van der Waals surface area contributed by atoms with Crippen molar-refractivity contribution in [1.29, 1.82) is 0 Å². The SMILES string of the molecule is C=CCC1=C(C)[C@@H]([C@]2(C(=O)O)[C@H](C=C(C)C)C2(C)C)CC1=O. The first-order valence-electron chi connectivity index (χ1n) is 7.84. The molecule has 0 radical (unpaired) electrons. The van der Waals surface area contributed by atoms with E-state index in [4.69, 9.17) is 0 Å². The van der Waals surface area contributed by atoms with Crippen LogP contribution in [0.25, 0.3) is 0 Å². The predicted octanol–water partition coefficient (Wildman–Crippen LogP) is 4.16. The highest BCUT2D eigenvalue weighted by Gasteiger charge is 2.78. The van der Waals surface area contributed by atoms with Crippen LogP contribution < -0.4 is 0 Å². The molecule has 22 heavy (non-hydrogen) atoms. The number of carbonyl (C=O) groups is 2. The van der Waals surface area contributed by atoms with Crippen molar-refractivity contribution < 1.29 is 14.7 Å². The fourth-order valence-corrected chi connectivity index (χ4v) is 4.55. The Balaban J connectivity index is 2.53. The number of carboxylic acids is 1. The maximum absolute atomic E-state index is 12.3. The number of rotatable bonds is 5. The Morgan fingerprint density at radius 1 is 1.41 bits per heavy atom. The smallest absolute Gasteiger partial charge is 0.311 e. The molecule has 3 atom stereocenters. The summed E-state index contributed by atoms with van der Waals surface area (Å²) in [6.45, 7) is 13.6. The van der Waals surface area contributed by atoms with Gasteiger partial charge in [0.1, 0.15) is 0 Å². The zero-order valence-corrected chi connectivity index (χ0v) is 14.2. The van der Waals surface area contributed by atoms with E-state index in [9.17, 15) is 14.7 Å². The lowest BCUT2D eigenvalue weighted by Crippen LogP contribution is -2.31. The second kappa shape index (κ2) is 5.22. The molecule has 2 rings (SSSR count). The van der Waals surface area contributed by atoms with Gasteiger partial charge in [0.15, 0.2) is 5.78 Å². The summed E-state index contributed by atoms with van der Waals surface area (Å²) in [5.41, 5.74) is 1.63. The highest BCUT2D eigenvalue weighted by atomic mass is 16.4. The quantitative estimate of drug-likeness (QED) is 0.776. The molecule has 0 heterocycles. The number of aliphatic carboxylic acids is 1. The van der Waals surface area contributed by atoms with E-state index < -0.39 is 11.4 Å². The molecule has 0 saturated heterocycles. The molecule has 3 heteroatoms. The summed E-state index contributed by atoms with van der Waals surface area (Å²) in [5.74, 6) is -0.931. The van der Waals surface area contributed by atoms with Gasteiger partial charge in [0, 0.05) is 18.3 Å². The van der Waals surface area contributed by atoms with Crippen molar-refractivity contribution in [3.8, 4) is 0 Å². The number of allylic oxidation sites excluding steroid dienone is 5. The van der Waals surface area contributed by atoms with Gasteiger partial charge in [0.25, 0.3) is 0 Å². The third-order valence-electron chi connectivity index (χ3n) is 5.73. The first kappa shape index (κ1) is 16.7. The van der Waals surface area contributed by atoms with Crippen LogP contribution in [-0.4, -0.2) is 16.9 Å². The van der Waals surface area contributed by atoms with Crippen molar-refractivity contribution in [3.63, 3.8) is 0 Å². The first-order chi connectivity index (χ1) is 10.1. The molecule has 2 aliphatic rings. The Morgan fingerprint density at radius 2 is 2.00 bits per heavy atom. The Hall–Kier alpha value is -1.64. The van der Waals surface area contributed by atoms with Gasteiger partial charge in [-0.15, -0.1) is 6.58 Å². The van der Waals surface area contributed by atoms with Gasteiger partial charge in [-0.2, -0.15) is 0 Å². The fourth-order valence-electron chi connectivity index (χ4n) is 4.55. The molecular weight excluding hydrogens is 276 g/mol. The van der Waals surface area contributed by atoms with Crippen LogP contribution in [0.2, 0.25) is 0 Å². The molecule has 3 nitrogen and oxygen atoms in total. The van der Waals surface area contributed by atoms with Crippen LogP contribution in [-0.2, 0) is 9.59 Å². The minimum atomic E-state index is -0.868. The Bertz CT molecular complexity index is 602. The Kier molecular flexibility index (Phi) is 3.97. The minimum Gasteiger partial charge on any atom is -0.481 e. The largest absolute Gasteiger partial charge is 0.481 e. The van der Waals surface area contributed by atoms with E-state index >= 15 is 0 Å². The van der Waals surface area contributed by atoms with Crippen molar-refractivity contribution >= 4 is 11.8 Å². The average Bonchev–Trinajstić information content (AvgIpc) is 2.73. The molecule has 0 aromatic heterocycles. The molecule has 0 aromatic carbocycles. The van der Waals surface area contributed by atoms with Gasteiger partial charge in [-0.3, -0.25) is 9.59 Å². The highest BCUT2D eigenvalue weighted by Crippen LogP contribution is 2.75. The van der Waals surface area contributed by atoms with E-state index in [1.807, 2.05) is 34.6 Å². The van der Waals surface area contributed by atoms with E-state index in [-0.39, 0.29) is 23.0 Å². The van der Waals surface area contributed by atoms with Gasteiger partial charge in [-0.25, -0.2) is 0 Å². The topological polar surface area (TPSA) is 54.4 Å². The molecule has 1 N–H and O–H groups in total. The molecule has 0 bridgehead atoms. The van der Waals surface area contributed by atoms with E-state index in [0.717, 1.165) is 16.7 Å². The predicted molar refractivity (Wildman–Crippen MR) is 87.4 cm³/mol. The highest BCUT2D eigenvalue weighted by molar-refractivity contribution is 6.00. The number of carbonyl (C=O) groups excluding carboxylic acids is 1. The number of hydrogen-bond donors (Lipinski definition) is 1. The molecule has 2 aliphatic carbocycles. The summed E-state index contributed by atoms with van der Waals surface area (Å²) in [6.07, 6.45) is 4.64. The van der Waals surface area contributed by atoms with Crippen LogP contribution in [0.15, 0.2) is 35.5 Å². The second-order valence-corrected chi connectivity index (χ2v) is 7.45. The molecule has 120 valence electrons. The molecule has 0 aromatic rings. The minimum absolute atomic E-state index is 0.0293. The lowest BCUT2D eigenvalue weighted by molar-refractivity contribution is -0.147. The van der Waals surface area contributed by atoms with Gasteiger partial charge in [-0.05, 0) is 38.2 Å². The standard InChI is InChI=1S/C19H26O3/c1-7-8-13-12(4)14(10-15(13)20)19(17(21)22)16(9-11(2)3)18(19,5)6/h7,9,14,16H,1,8,10H2,2-6H3,(H,21,22)/t14-,16+,19+/m0/s1. The van der Waals surface area contributed by atoms with Gasteiger partial charge in [-0.1, -0.05) is 37.1 Å². The summed E-state index contributed by atoms with van der Waals surface area (Å²) < 4.78 is 0.